The Kier molecular flexibility index (Phi) is 11.2. The summed E-state index contributed by atoms with van der Waals surface area (Å²) in [5, 5.41) is 0. The molecule has 5 nitrogen and oxygen atoms in total. The summed E-state index contributed by atoms with van der Waals surface area (Å²) in [4.78, 5) is 28.6. The van der Waals surface area contributed by atoms with Crippen LogP contribution in [0.4, 0.5) is 0 Å². The minimum absolute atomic E-state index is 0.155. The Balaban J connectivity index is 3.28. The van der Waals surface area contributed by atoms with Crippen LogP contribution in [0.25, 0.3) is 0 Å². The molecule has 0 amide bonds. The molecule has 0 aliphatic heterocycles. The maximum absolute atomic E-state index is 11.3. The Labute approximate surface area is 115 Å². The first-order chi connectivity index (χ1) is 8.95. The smallest absolute Gasteiger partial charge is 0.325 e. The van der Waals surface area contributed by atoms with Gasteiger partial charge in [0.1, 0.15) is 0 Å². The van der Waals surface area contributed by atoms with E-state index in [9.17, 15) is 9.36 Å². The summed E-state index contributed by atoms with van der Waals surface area (Å²) in [6.07, 6.45) is 7.83. The maximum atomic E-state index is 11.3. The molecule has 0 aromatic rings. The van der Waals surface area contributed by atoms with Gasteiger partial charge in [0.05, 0.1) is 6.61 Å². The van der Waals surface area contributed by atoms with Crippen LogP contribution < -0.4 is 0 Å². The average Bonchev–Trinajstić information content (AvgIpc) is 2.32. The van der Waals surface area contributed by atoms with E-state index >= 15 is 0 Å². The number of esters is 1. The minimum atomic E-state index is -3.92. The second-order valence-corrected chi connectivity index (χ2v) is 6.61. The molecule has 0 atom stereocenters. The first-order valence-electron chi connectivity index (χ1n) is 7.16. The van der Waals surface area contributed by atoms with Gasteiger partial charge in [-0.2, -0.15) is 0 Å². The van der Waals surface area contributed by atoms with Crippen LogP contribution >= 0.6 is 7.60 Å². The van der Waals surface area contributed by atoms with Crippen LogP contribution in [0.3, 0.4) is 0 Å². The molecule has 0 aliphatic carbocycles. The fraction of sp³-hybridized carbons (Fsp3) is 0.923. The molecule has 0 saturated heterocycles. The van der Waals surface area contributed by atoms with E-state index in [1.54, 1.807) is 0 Å². The summed E-state index contributed by atoms with van der Waals surface area (Å²) in [5.74, 6) is -0.265. The van der Waals surface area contributed by atoms with Crippen LogP contribution in [0.15, 0.2) is 0 Å². The highest BCUT2D eigenvalue weighted by molar-refractivity contribution is 7.51. The van der Waals surface area contributed by atoms with E-state index in [2.05, 4.69) is 6.92 Å². The van der Waals surface area contributed by atoms with Crippen LogP contribution in [-0.4, -0.2) is 28.5 Å². The van der Waals surface area contributed by atoms with E-state index in [4.69, 9.17) is 14.5 Å². The second-order valence-electron chi connectivity index (χ2n) is 4.83. The predicted molar refractivity (Wildman–Crippen MR) is 75.1 cm³/mol. The van der Waals surface area contributed by atoms with Gasteiger partial charge in [-0.1, -0.05) is 39.0 Å². The average molecular weight is 294 g/mol. The topological polar surface area (TPSA) is 83.8 Å². The molecule has 0 bridgehead atoms. The van der Waals surface area contributed by atoms with Crippen LogP contribution in [0, 0.1) is 0 Å². The first kappa shape index (κ1) is 18.6. The Morgan fingerprint density at radius 3 is 2.26 bits per heavy atom. The third kappa shape index (κ3) is 15.6. The van der Waals surface area contributed by atoms with E-state index in [0.717, 1.165) is 12.8 Å². The van der Waals surface area contributed by atoms with Crippen molar-refractivity contribution in [1.29, 1.82) is 0 Å². The molecule has 0 aromatic carbocycles. The molecule has 0 aliphatic rings. The maximum Gasteiger partial charge on any atom is 0.325 e. The highest BCUT2D eigenvalue weighted by Crippen LogP contribution is 2.35. The molecule has 0 rings (SSSR count). The third-order valence-electron chi connectivity index (χ3n) is 2.84. The van der Waals surface area contributed by atoms with Gasteiger partial charge in [-0.05, 0) is 19.3 Å². The quantitative estimate of drug-likeness (QED) is 0.328. The fourth-order valence-corrected chi connectivity index (χ4v) is 2.36. The van der Waals surface area contributed by atoms with Gasteiger partial charge < -0.3 is 14.5 Å². The van der Waals surface area contributed by atoms with Crippen LogP contribution in [0.2, 0.25) is 0 Å². The van der Waals surface area contributed by atoms with Crippen molar-refractivity contribution in [3.63, 3.8) is 0 Å². The minimum Gasteiger partial charge on any atom is -0.466 e. The summed E-state index contributed by atoms with van der Waals surface area (Å²) in [7, 11) is -3.92. The molecule has 0 unspecified atom stereocenters. The van der Waals surface area contributed by atoms with Crippen molar-refractivity contribution in [2.24, 2.45) is 0 Å². The standard InChI is InChI=1S/C13H27O5P/c1-2-3-4-5-6-8-11-18-13(14)10-7-9-12-19(15,16)17/h2-12H2,1H3,(H2,15,16,17). The summed E-state index contributed by atoms with van der Waals surface area (Å²) in [6.45, 7) is 2.64. The fourth-order valence-electron chi connectivity index (χ4n) is 1.73. The zero-order chi connectivity index (χ0) is 14.6. The lowest BCUT2D eigenvalue weighted by atomic mass is 10.1. The van der Waals surface area contributed by atoms with Gasteiger partial charge in [-0.3, -0.25) is 9.36 Å². The Morgan fingerprint density at radius 2 is 1.63 bits per heavy atom. The molecular weight excluding hydrogens is 267 g/mol. The zero-order valence-electron chi connectivity index (χ0n) is 11.8. The Bertz CT molecular complexity index is 274. The van der Waals surface area contributed by atoms with Gasteiger partial charge in [-0.25, -0.2) is 0 Å². The number of rotatable bonds is 12. The Hall–Kier alpha value is -0.380. The molecule has 2 N–H and O–H groups in total. The van der Waals surface area contributed by atoms with Crippen molar-refractivity contribution in [3.8, 4) is 0 Å². The van der Waals surface area contributed by atoms with Crippen LogP contribution in [0.1, 0.15) is 64.7 Å². The van der Waals surface area contributed by atoms with E-state index in [1.165, 1.54) is 25.7 Å². The third-order valence-corrected chi connectivity index (χ3v) is 3.74. The Morgan fingerprint density at radius 1 is 1.00 bits per heavy atom. The highest BCUT2D eigenvalue weighted by atomic mass is 31.2. The van der Waals surface area contributed by atoms with Crippen molar-refractivity contribution >= 4 is 13.6 Å². The summed E-state index contributed by atoms with van der Waals surface area (Å²) in [6, 6.07) is 0. The molecule has 0 aromatic heterocycles. The number of carbonyl (C=O) groups is 1. The first-order valence-corrected chi connectivity index (χ1v) is 8.95. The molecule has 0 heterocycles. The lowest BCUT2D eigenvalue weighted by Gasteiger charge is -2.05. The second kappa shape index (κ2) is 11.4. The van der Waals surface area contributed by atoms with Gasteiger partial charge in [0.25, 0.3) is 0 Å². The van der Waals surface area contributed by atoms with Crippen molar-refractivity contribution in [1.82, 2.24) is 0 Å². The lowest BCUT2D eigenvalue weighted by Crippen LogP contribution is -2.06. The highest BCUT2D eigenvalue weighted by Gasteiger charge is 2.12. The molecule has 0 radical (unpaired) electrons. The van der Waals surface area contributed by atoms with Crippen LogP contribution in [0.5, 0.6) is 0 Å². The molecular formula is C13H27O5P. The van der Waals surface area contributed by atoms with E-state index in [-0.39, 0.29) is 18.6 Å². The number of hydrogen-bond acceptors (Lipinski definition) is 3. The van der Waals surface area contributed by atoms with Crippen molar-refractivity contribution in [2.45, 2.75) is 64.7 Å². The van der Waals surface area contributed by atoms with Gasteiger partial charge in [0, 0.05) is 12.6 Å². The summed E-state index contributed by atoms with van der Waals surface area (Å²) >= 11 is 0. The van der Waals surface area contributed by atoms with Gasteiger partial charge in [0.2, 0.25) is 0 Å². The molecule has 114 valence electrons. The largest absolute Gasteiger partial charge is 0.466 e. The number of carbonyl (C=O) groups excluding carboxylic acids is 1. The van der Waals surface area contributed by atoms with E-state index in [0.29, 0.717) is 19.4 Å². The molecule has 19 heavy (non-hydrogen) atoms. The van der Waals surface area contributed by atoms with E-state index < -0.39 is 7.60 Å². The van der Waals surface area contributed by atoms with Crippen LogP contribution in [-0.2, 0) is 14.1 Å². The van der Waals surface area contributed by atoms with Crippen molar-refractivity contribution < 1.29 is 23.9 Å². The molecule has 6 heteroatoms. The predicted octanol–water partition coefficient (Wildman–Crippen LogP) is 3.24. The van der Waals surface area contributed by atoms with E-state index in [1.807, 2.05) is 0 Å². The van der Waals surface area contributed by atoms with Gasteiger partial charge >= 0.3 is 13.6 Å². The van der Waals surface area contributed by atoms with Gasteiger partial charge in [-0.15, -0.1) is 0 Å². The normalized spacial score (nSPS) is 11.5. The number of ether oxygens (including phenoxy) is 1. The lowest BCUT2D eigenvalue weighted by molar-refractivity contribution is -0.143. The SMILES string of the molecule is CCCCCCCCOC(=O)CCCCP(=O)(O)O. The molecule has 0 saturated carbocycles. The van der Waals surface area contributed by atoms with Crippen molar-refractivity contribution in [3.05, 3.63) is 0 Å². The number of hydrogen-bond donors (Lipinski definition) is 2. The summed E-state index contributed by atoms with van der Waals surface area (Å²) < 4.78 is 15.6. The molecule has 0 spiro atoms. The number of unbranched alkanes of at least 4 members (excludes halogenated alkanes) is 6. The zero-order valence-corrected chi connectivity index (χ0v) is 12.7. The summed E-state index contributed by atoms with van der Waals surface area (Å²) in [5.41, 5.74) is 0. The molecule has 0 fully saturated rings. The van der Waals surface area contributed by atoms with Crippen molar-refractivity contribution in [2.75, 3.05) is 12.8 Å². The monoisotopic (exact) mass is 294 g/mol. The van der Waals surface area contributed by atoms with Gasteiger partial charge in [0.15, 0.2) is 0 Å².